The molecule has 3 aromatic rings. The molecule has 0 bridgehead atoms. The van der Waals surface area contributed by atoms with Crippen LogP contribution in [-0.2, 0) is 6.54 Å². The second-order valence-electron chi connectivity index (χ2n) is 5.70. The molecular formula is C18H22N4O. The summed E-state index contributed by atoms with van der Waals surface area (Å²) in [6.07, 6.45) is 2.01. The summed E-state index contributed by atoms with van der Waals surface area (Å²) < 4.78 is 1.89. The van der Waals surface area contributed by atoms with Crippen LogP contribution < -0.4 is 5.73 Å². The lowest BCUT2D eigenvalue weighted by molar-refractivity contribution is 0.481. The number of hydrogen-bond acceptors (Lipinski definition) is 4. The van der Waals surface area contributed by atoms with Gasteiger partial charge in [0.1, 0.15) is 11.4 Å². The molecule has 5 heteroatoms. The van der Waals surface area contributed by atoms with Gasteiger partial charge < -0.3 is 10.8 Å². The van der Waals surface area contributed by atoms with Crippen LogP contribution in [0.25, 0.3) is 16.5 Å². The SMILES string of the molecule is CCC(CC)c1c(CN)nnn1-c1cccc2c(O)cccc12. The zero-order chi connectivity index (χ0) is 16.4. The standard InChI is InChI=1S/C18H22N4O/c1-3-12(4-2)18-15(11-19)20-21-22(18)16-9-5-8-14-13(16)7-6-10-17(14)23/h5-10,12,23H,3-4,11,19H2,1-2H3. The minimum Gasteiger partial charge on any atom is -0.507 e. The number of rotatable bonds is 5. The van der Waals surface area contributed by atoms with Crippen molar-refractivity contribution in [3.8, 4) is 11.4 Å². The van der Waals surface area contributed by atoms with E-state index in [1.165, 1.54) is 0 Å². The van der Waals surface area contributed by atoms with Gasteiger partial charge in [0.15, 0.2) is 0 Å². The van der Waals surface area contributed by atoms with Crippen LogP contribution in [0.4, 0.5) is 0 Å². The molecule has 3 N–H and O–H groups in total. The lowest BCUT2D eigenvalue weighted by atomic mass is 9.97. The Labute approximate surface area is 135 Å². The minimum absolute atomic E-state index is 0.271. The van der Waals surface area contributed by atoms with Gasteiger partial charge >= 0.3 is 0 Å². The summed E-state index contributed by atoms with van der Waals surface area (Å²) in [6.45, 7) is 4.71. The van der Waals surface area contributed by atoms with Gasteiger partial charge in [-0.15, -0.1) is 5.10 Å². The number of phenols is 1. The van der Waals surface area contributed by atoms with Crippen molar-refractivity contribution in [2.45, 2.75) is 39.2 Å². The molecule has 0 aliphatic heterocycles. The first-order valence-corrected chi connectivity index (χ1v) is 8.06. The number of aromatic hydroxyl groups is 1. The van der Waals surface area contributed by atoms with Gasteiger partial charge in [0.2, 0.25) is 0 Å². The Kier molecular flexibility index (Phi) is 4.30. The number of fused-ring (bicyclic) bond motifs is 1. The summed E-state index contributed by atoms with van der Waals surface area (Å²) in [7, 11) is 0. The zero-order valence-electron chi connectivity index (χ0n) is 13.5. The first-order chi connectivity index (χ1) is 11.2. The summed E-state index contributed by atoms with van der Waals surface area (Å²) >= 11 is 0. The fraction of sp³-hybridized carbons (Fsp3) is 0.333. The Morgan fingerprint density at radius 3 is 2.48 bits per heavy atom. The van der Waals surface area contributed by atoms with Crippen molar-refractivity contribution in [3.63, 3.8) is 0 Å². The number of phenolic OH excluding ortho intramolecular Hbond substituents is 1. The largest absolute Gasteiger partial charge is 0.507 e. The van der Waals surface area contributed by atoms with Crippen molar-refractivity contribution in [2.24, 2.45) is 5.73 Å². The van der Waals surface area contributed by atoms with Crippen LogP contribution in [0.2, 0.25) is 0 Å². The van der Waals surface area contributed by atoms with Crippen LogP contribution in [0.1, 0.15) is 44.0 Å². The molecule has 0 unspecified atom stereocenters. The Morgan fingerprint density at radius 2 is 1.78 bits per heavy atom. The van der Waals surface area contributed by atoms with Crippen molar-refractivity contribution in [1.82, 2.24) is 15.0 Å². The molecular weight excluding hydrogens is 288 g/mol. The molecule has 0 saturated heterocycles. The molecule has 0 amide bonds. The molecule has 5 nitrogen and oxygen atoms in total. The molecule has 0 spiro atoms. The summed E-state index contributed by atoms with van der Waals surface area (Å²) in [4.78, 5) is 0. The molecule has 0 atom stereocenters. The van der Waals surface area contributed by atoms with Gasteiger partial charge in [-0.25, -0.2) is 4.68 Å². The predicted octanol–water partition coefficient (Wildman–Crippen LogP) is 3.49. The molecule has 1 heterocycles. The first kappa shape index (κ1) is 15.5. The van der Waals surface area contributed by atoms with Crippen molar-refractivity contribution >= 4 is 10.8 Å². The van der Waals surface area contributed by atoms with Gasteiger partial charge in [-0.2, -0.15) is 0 Å². The Morgan fingerprint density at radius 1 is 1.09 bits per heavy atom. The second kappa shape index (κ2) is 6.38. The molecule has 2 aromatic carbocycles. The van der Waals surface area contributed by atoms with Crippen LogP contribution >= 0.6 is 0 Å². The highest BCUT2D eigenvalue weighted by Crippen LogP contribution is 2.32. The van der Waals surface area contributed by atoms with Crippen molar-refractivity contribution in [1.29, 1.82) is 0 Å². The number of aromatic nitrogens is 3. The first-order valence-electron chi connectivity index (χ1n) is 8.06. The third kappa shape index (κ3) is 2.57. The fourth-order valence-corrected chi connectivity index (χ4v) is 3.19. The van der Waals surface area contributed by atoms with Gasteiger partial charge in [-0.3, -0.25) is 0 Å². The Hall–Kier alpha value is -2.40. The maximum atomic E-state index is 10.1. The third-order valence-corrected chi connectivity index (χ3v) is 4.45. The van der Waals surface area contributed by atoms with Gasteiger partial charge in [-0.05, 0) is 25.0 Å². The van der Waals surface area contributed by atoms with Crippen molar-refractivity contribution in [2.75, 3.05) is 0 Å². The Balaban J connectivity index is 2.28. The lowest BCUT2D eigenvalue weighted by Crippen LogP contribution is -2.11. The molecule has 0 saturated carbocycles. The molecule has 0 aliphatic carbocycles. The van der Waals surface area contributed by atoms with Crippen molar-refractivity contribution < 1.29 is 5.11 Å². The van der Waals surface area contributed by atoms with Crippen LogP contribution in [-0.4, -0.2) is 20.1 Å². The maximum absolute atomic E-state index is 10.1. The smallest absolute Gasteiger partial charge is 0.123 e. The zero-order valence-corrected chi connectivity index (χ0v) is 13.5. The van der Waals surface area contributed by atoms with E-state index in [4.69, 9.17) is 5.73 Å². The van der Waals surface area contributed by atoms with E-state index in [2.05, 4.69) is 24.2 Å². The fourth-order valence-electron chi connectivity index (χ4n) is 3.19. The monoisotopic (exact) mass is 310 g/mol. The van der Waals surface area contributed by atoms with Gasteiger partial charge in [0.25, 0.3) is 0 Å². The third-order valence-electron chi connectivity index (χ3n) is 4.45. The number of benzene rings is 2. The van der Waals surface area contributed by atoms with E-state index in [1.807, 2.05) is 35.0 Å². The van der Waals surface area contributed by atoms with Crippen LogP contribution in [0.5, 0.6) is 5.75 Å². The van der Waals surface area contributed by atoms with E-state index >= 15 is 0 Å². The summed E-state index contributed by atoms with van der Waals surface area (Å²) in [5.41, 5.74) is 8.71. The van der Waals surface area contributed by atoms with Crippen molar-refractivity contribution in [3.05, 3.63) is 47.8 Å². The molecule has 120 valence electrons. The highest BCUT2D eigenvalue weighted by atomic mass is 16.3. The molecule has 0 radical (unpaired) electrons. The predicted molar refractivity (Wildman–Crippen MR) is 91.7 cm³/mol. The van der Waals surface area contributed by atoms with E-state index in [0.717, 1.165) is 40.7 Å². The van der Waals surface area contributed by atoms with E-state index < -0.39 is 0 Å². The van der Waals surface area contributed by atoms with Gasteiger partial charge in [-0.1, -0.05) is 43.3 Å². The normalized spacial score (nSPS) is 11.5. The topological polar surface area (TPSA) is 77.0 Å². The summed E-state index contributed by atoms with van der Waals surface area (Å²) in [5, 5.41) is 20.5. The minimum atomic E-state index is 0.271. The highest BCUT2D eigenvalue weighted by molar-refractivity contribution is 5.94. The van der Waals surface area contributed by atoms with Gasteiger partial charge in [0, 0.05) is 23.2 Å². The van der Waals surface area contributed by atoms with Crippen LogP contribution in [0.15, 0.2) is 36.4 Å². The number of nitrogens with two attached hydrogens (primary N) is 1. The summed E-state index contributed by atoms with van der Waals surface area (Å²) in [6, 6.07) is 11.4. The molecule has 0 aliphatic rings. The van der Waals surface area contributed by atoms with E-state index in [-0.39, 0.29) is 5.75 Å². The molecule has 1 aromatic heterocycles. The number of hydrogen-bond donors (Lipinski definition) is 2. The number of nitrogens with zero attached hydrogens (tertiary/aromatic N) is 3. The molecule has 0 fully saturated rings. The quantitative estimate of drug-likeness (QED) is 0.756. The molecule has 23 heavy (non-hydrogen) atoms. The van der Waals surface area contributed by atoms with Gasteiger partial charge in [0.05, 0.1) is 11.4 Å². The summed E-state index contributed by atoms with van der Waals surface area (Å²) in [5.74, 6) is 0.628. The molecule has 3 rings (SSSR count). The second-order valence-corrected chi connectivity index (χ2v) is 5.70. The van der Waals surface area contributed by atoms with Crippen LogP contribution in [0, 0.1) is 0 Å². The van der Waals surface area contributed by atoms with E-state index in [0.29, 0.717) is 12.5 Å². The average Bonchev–Trinajstić information content (AvgIpc) is 3.00. The van der Waals surface area contributed by atoms with E-state index in [9.17, 15) is 5.11 Å². The maximum Gasteiger partial charge on any atom is 0.123 e. The van der Waals surface area contributed by atoms with E-state index in [1.54, 1.807) is 6.07 Å². The Bertz CT molecular complexity index is 821. The van der Waals surface area contributed by atoms with Crippen LogP contribution in [0.3, 0.4) is 0 Å². The lowest BCUT2D eigenvalue weighted by Gasteiger charge is -2.17. The average molecular weight is 310 g/mol. The highest BCUT2D eigenvalue weighted by Gasteiger charge is 2.21.